The molecule has 0 fully saturated rings. The molecule has 0 aliphatic carbocycles. The first-order valence-electron chi connectivity index (χ1n) is 5.86. The lowest BCUT2D eigenvalue weighted by Crippen LogP contribution is -2.10. The molecule has 2 N–H and O–H groups in total. The Bertz CT molecular complexity index is 730. The van der Waals surface area contributed by atoms with Crippen molar-refractivity contribution in [3.8, 4) is 6.07 Å². The summed E-state index contributed by atoms with van der Waals surface area (Å²) >= 11 is 6.79. The summed E-state index contributed by atoms with van der Waals surface area (Å²) in [5, 5.41) is 10.3. The van der Waals surface area contributed by atoms with Crippen molar-refractivity contribution in [3.05, 3.63) is 41.6 Å². The highest BCUT2D eigenvalue weighted by molar-refractivity contribution is 8.13. The van der Waals surface area contributed by atoms with E-state index in [1.54, 1.807) is 6.20 Å². The third kappa shape index (κ3) is 3.31. The fraction of sp³-hybridized carbons (Fsp3) is 0.143. The second-order valence-electron chi connectivity index (χ2n) is 3.97. The summed E-state index contributed by atoms with van der Waals surface area (Å²) in [6.45, 7) is 0. The molecule has 0 unspecified atom stereocenters. The number of thioether (sulfide) groups is 1. The van der Waals surface area contributed by atoms with Gasteiger partial charge in [0.1, 0.15) is 0 Å². The molecule has 0 radical (unpaired) electrons. The van der Waals surface area contributed by atoms with Gasteiger partial charge in [0, 0.05) is 17.3 Å². The molecule has 2 aromatic rings. The van der Waals surface area contributed by atoms with Gasteiger partial charge in [-0.3, -0.25) is 10.7 Å². The second kappa shape index (κ2) is 6.97. The van der Waals surface area contributed by atoms with Gasteiger partial charge in [0.05, 0.1) is 18.0 Å². The quantitative estimate of drug-likeness (QED) is 0.535. The Labute approximate surface area is 126 Å². The number of halogens is 1. The number of fused-ring (bicyclic) bond motifs is 1. The van der Waals surface area contributed by atoms with Crippen molar-refractivity contribution in [2.75, 3.05) is 0 Å². The molecule has 0 amide bonds. The van der Waals surface area contributed by atoms with E-state index in [1.807, 2.05) is 24.3 Å². The number of hydrogen-bond donors (Lipinski definition) is 1. The number of aromatic nitrogens is 1. The molecule has 1 aromatic heterocycles. The smallest absolute Gasteiger partial charge is 0.267 e. The number of nitrogens with zero attached hydrogens (tertiary/aromatic N) is 3. The average Bonchev–Trinajstić information content (AvgIpc) is 2.47. The van der Waals surface area contributed by atoms with Crippen molar-refractivity contribution in [2.45, 2.75) is 12.2 Å². The molecule has 6 heteroatoms. The first-order valence-corrected chi connectivity index (χ1v) is 7.29. The van der Waals surface area contributed by atoms with Crippen LogP contribution in [-0.4, -0.2) is 15.8 Å². The van der Waals surface area contributed by atoms with Gasteiger partial charge in [0.2, 0.25) is 0 Å². The van der Waals surface area contributed by atoms with Gasteiger partial charge in [-0.15, -0.1) is 0 Å². The fourth-order valence-electron chi connectivity index (χ4n) is 1.88. The molecule has 0 atom stereocenters. The maximum Gasteiger partial charge on any atom is 0.403 e. The van der Waals surface area contributed by atoms with Crippen LogP contribution >= 0.6 is 23.4 Å². The molecular weight excluding hydrogens is 292 g/mol. The summed E-state index contributed by atoms with van der Waals surface area (Å²) in [5.41, 5.74) is 9.75. The van der Waals surface area contributed by atoms with Crippen molar-refractivity contribution in [1.82, 2.24) is 9.65 Å². The van der Waals surface area contributed by atoms with Crippen LogP contribution in [0.1, 0.15) is 11.1 Å². The lowest BCUT2D eigenvalue weighted by molar-refractivity contribution is 1.24. The normalized spacial score (nSPS) is 9.80. The van der Waals surface area contributed by atoms with E-state index in [0.717, 1.165) is 27.7 Å². The molecule has 1 aromatic carbocycles. The summed E-state index contributed by atoms with van der Waals surface area (Å²) in [6, 6.07) is 9.99. The van der Waals surface area contributed by atoms with E-state index in [4.69, 9.17) is 22.6 Å². The highest BCUT2D eigenvalue weighted by Gasteiger charge is 2.09. The minimum absolute atomic E-state index is 0.353. The Morgan fingerprint density at radius 3 is 3.00 bits per heavy atom. The molecule has 0 bridgehead atoms. The van der Waals surface area contributed by atoms with Crippen LogP contribution in [-0.2, 0) is 12.2 Å². The summed E-state index contributed by atoms with van der Waals surface area (Å²) in [4.78, 5) is 4.37. The molecule has 0 aliphatic heterocycles. The molecule has 0 aliphatic rings. The monoisotopic (exact) mass is 303 g/mol. The van der Waals surface area contributed by atoms with Gasteiger partial charge in [-0.2, -0.15) is 9.93 Å². The zero-order valence-electron chi connectivity index (χ0n) is 10.6. The third-order valence-electron chi connectivity index (χ3n) is 2.76. The first kappa shape index (κ1) is 14.4. The molecule has 2 rings (SSSR count). The van der Waals surface area contributed by atoms with Gasteiger partial charge >= 0.3 is 5.17 Å². The van der Waals surface area contributed by atoms with E-state index in [0.29, 0.717) is 17.3 Å². The topological polar surface area (TPSA) is 76.8 Å². The van der Waals surface area contributed by atoms with E-state index < -0.39 is 0 Å². The third-order valence-corrected chi connectivity index (χ3v) is 3.72. The molecule has 4 nitrogen and oxygen atoms in total. The molecule has 0 spiro atoms. The Kier molecular flexibility index (Phi) is 5.03. The van der Waals surface area contributed by atoms with Crippen molar-refractivity contribution in [3.63, 3.8) is 0 Å². The fourth-order valence-corrected chi connectivity index (χ4v) is 2.73. The van der Waals surface area contributed by atoms with Crippen LogP contribution in [0.5, 0.6) is 0 Å². The van der Waals surface area contributed by atoms with Crippen LogP contribution in [0.4, 0.5) is 0 Å². The molecule has 100 valence electrons. The van der Waals surface area contributed by atoms with Crippen LogP contribution in [0.15, 0.2) is 30.5 Å². The standard InChI is InChI=1S/C14H11ClN4S/c15-9-19-14(17)20-8-11-4-3-10(5-6-16)13-12(11)2-1-7-18-13/h1-4,7,9,17H,5,8H2/p+1. The molecule has 0 saturated heterocycles. The van der Waals surface area contributed by atoms with Gasteiger partial charge in [-0.25, -0.2) is 0 Å². The highest BCUT2D eigenvalue weighted by atomic mass is 35.5. The van der Waals surface area contributed by atoms with Crippen LogP contribution in [0.25, 0.3) is 10.9 Å². The van der Waals surface area contributed by atoms with Gasteiger partial charge in [0.15, 0.2) is 0 Å². The summed E-state index contributed by atoms with van der Waals surface area (Å²) < 4.78 is 3.81. The van der Waals surface area contributed by atoms with Gasteiger partial charge in [0.25, 0.3) is 5.67 Å². The predicted molar refractivity (Wildman–Crippen MR) is 85.6 cm³/mol. The zero-order valence-corrected chi connectivity index (χ0v) is 12.2. The minimum Gasteiger partial charge on any atom is -0.267 e. The molecule has 1 heterocycles. The Morgan fingerprint density at radius 1 is 1.45 bits per heavy atom. The number of pyridine rings is 1. The summed E-state index contributed by atoms with van der Waals surface area (Å²) in [7, 11) is 0. The lowest BCUT2D eigenvalue weighted by atomic mass is 10.0. The molecule has 0 saturated carbocycles. The Balaban J connectivity index is 2.38. The van der Waals surface area contributed by atoms with Crippen LogP contribution in [0.2, 0.25) is 0 Å². The van der Waals surface area contributed by atoms with E-state index in [-0.39, 0.29) is 0 Å². The van der Waals surface area contributed by atoms with Crippen molar-refractivity contribution < 1.29 is 0 Å². The Hall–Kier alpha value is -1.99. The van der Waals surface area contributed by atoms with Crippen molar-refractivity contribution in [1.29, 1.82) is 5.26 Å². The van der Waals surface area contributed by atoms with Crippen LogP contribution in [0.3, 0.4) is 0 Å². The zero-order chi connectivity index (χ0) is 14.4. The van der Waals surface area contributed by atoms with Crippen molar-refractivity contribution >= 4 is 45.1 Å². The van der Waals surface area contributed by atoms with Gasteiger partial charge in [-0.1, -0.05) is 18.2 Å². The largest absolute Gasteiger partial charge is 0.403 e. The molecular formula is C14H12ClN4S+. The van der Waals surface area contributed by atoms with E-state index >= 15 is 0 Å². The number of rotatable bonds is 3. The van der Waals surface area contributed by atoms with Gasteiger partial charge < -0.3 is 0 Å². The highest BCUT2D eigenvalue weighted by Crippen LogP contribution is 2.24. The number of hydrogen-bond acceptors (Lipinski definition) is 3. The second-order valence-corrected chi connectivity index (χ2v) is 5.16. The van der Waals surface area contributed by atoms with Crippen molar-refractivity contribution in [2.24, 2.45) is 5.73 Å². The number of benzene rings is 1. The number of amidine groups is 1. The SMILES string of the molecule is N#CCc1ccc(CSC(N)=[N+]=CCl)c2cccnc12. The van der Waals surface area contributed by atoms with E-state index in [9.17, 15) is 0 Å². The summed E-state index contributed by atoms with van der Waals surface area (Å²) in [6.07, 6.45) is 2.09. The lowest BCUT2D eigenvalue weighted by Gasteiger charge is -2.07. The minimum atomic E-state index is 0.353. The van der Waals surface area contributed by atoms with E-state index in [1.165, 1.54) is 11.8 Å². The maximum atomic E-state index is 8.85. The molecule has 20 heavy (non-hydrogen) atoms. The van der Waals surface area contributed by atoms with E-state index in [2.05, 4.69) is 15.7 Å². The van der Waals surface area contributed by atoms with Gasteiger partial charge in [-0.05, 0) is 40.6 Å². The number of nitriles is 1. The Morgan fingerprint density at radius 2 is 2.25 bits per heavy atom. The number of nitrogens with two attached hydrogens (primary N) is 1. The van der Waals surface area contributed by atoms with Crippen LogP contribution in [0, 0.1) is 11.3 Å². The predicted octanol–water partition coefficient (Wildman–Crippen LogP) is 2.18. The first-order chi connectivity index (χ1) is 9.76. The summed E-state index contributed by atoms with van der Waals surface area (Å²) in [5.74, 6) is 0.676. The maximum absolute atomic E-state index is 8.85. The average molecular weight is 304 g/mol. The van der Waals surface area contributed by atoms with Crippen LogP contribution < -0.4 is 10.4 Å².